The standard InChI is InChI=1S/C16H14O3/c1-11-7-5-6-10-13(11)15(18)16(19)14(17)12-8-3-2-4-9-12/h2-10,18-19H,1H3/b16-15+. The SMILES string of the molecule is Cc1ccccc1/C(O)=C(\O)C(=O)c1ccccc1. The molecule has 0 fully saturated rings. The Morgan fingerprint density at radius 3 is 2.11 bits per heavy atom. The second-order valence-electron chi connectivity index (χ2n) is 4.21. The molecule has 0 radical (unpaired) electrons. The van der Waals surface area contributed by atoms with E-state index in [9.17, 15) is 15.0 Å². The number of carbonyl (C=O) groups is 1. The molecule has 0 aliphatic rings. The number of aliphatic hydroxyl groups is 2. The van der Waals surface area contributed by atoms with Crippen molar-refractivity contribution in [3.63, 3.8) is 0 Å². The highest BCUT2D eigenvalue weighted by atomic mass is 16.3. The zero-order valence-electron chi connectivity index (χ0n) is 10.5. The fourth-order valence-electron chi connectivity index (χ4n) is 1.80. The van der Waals surface area contributed by atoms with Gasteiger partial charge in [0.2, 0.25) is 11.5 Å². The first-order valence-electron chi connectivity index (χ1n) is 5.89. The molecule has 0 atom stereocenters. The van der Waals surface area contributed by atoms with Crippen molar-refractivity contribution >= 4 is 11.5 Å². The number of hydrogen-bond acceptors (Lipinski definition) is 3. The minimum Gasteiger partial charge on any atom is -0.504 e. The third kappa shape index (κ3) is 2.65. The number of Topliss-reactive ketones (excluding diaryl/α,β-unsaturated/α-hetero) is 1. The van der Waals surface area contributed by atoms with Crippen molar-refractivity contribution in [1.82, 2.24) is 0 Å². The minimum atomic E-state index is -0.638. The summed E-state index contributed by atoms with van der Waals surface area (Å²) in [4.78, 5) is 12.0. The number of allylic oxidation sites excluding steroid dienone is 1. The van der Waals surface area contributed by atoms with Gasteiger partial charge in [0.1, 0.15) is 0 Å². The van der Waals surface area contributed by atoms with Gasteiger partial charge in [0.05, 0.1) is 0 Å². The third-order valence-corrected chi connectivity index (χ3v) is 2.88. The van der Waals surface area contributed by atoms with Crippen LogP contribution in [0.4, 0.5) is 0 Å². The van der Waals surface area contributed by atoms with Gasteiger partial charge < -0.3 is 10.2 Å². The maximum Gasteiger partial charge on any atom is 0.231 e. The Hall–Kier alpha value is -2.55. The Morgan fingerprint density at radius 2 is 1.47 bits per heavy atom. The molecule has 0 unspecified atom stereocenters. The summed E-state index contributed by atoms with van der Waals surface area (Å²) < 4.78 is 0. The van der Waals surface area contributed by atoms with E-state index in [1.165, 1.54) is 0 Å². The fraction of sp³-hybridized carbons (Fsp3) is 0.0625. The first kappa shape index (κ1) is 12.9. The van der Waals surface area contributed by atoms with Crippen LogP contribution in [0.2, 0.25) is 0 Å². The Bertz CT molecular complexity index is 627. The molecule has 0 amide bonds. The van der Waals surface area contributed by atoms with Gasteiger partial charge in [-0.05, 0) is 12.5 Å². The lowest BCUT2D eigenvalue weighted by Crippen LogP contribution is -2.06. The van der Waals surface area contributed by atoms with Crippen molar-refractivity contribution < 1.29 is 15.0 Å². The highest BCUT2D eigenvalue weighted by Crippen LogP contribution is 2.20. The molecule has 0 saturated heterocycles. The summed E-state index contributed by atoms with van der Waals surface area (Å²) in [7, 11) is 0. The second kappa shape index (κ2) is 5.40. The van der Waals surface area contributed by atoms with Crippen molar-refractivity contribution in [3.05, 3.63) is 77.0 Å². The lowest BCUT2D eigenvalue weighted by atomic mass is 10.0. The molecule has 0 bridgehead atoms. The summed E-state index contributed by atoms with van der Waals surface area (Å²) in [6.07, 6.45) is 0. The maximum absolute atomic E-state index is 12.0. The van der Waals surface area contributed by atoms with E-state index in [4.69, 9.17) is 0 Å². The van der Waals surface area contributed by atoms with Crippen LogP contribution in [0.1, 0.15) is 21.5 Å². The summed E-state index contributed by atoms with van der Waals surface area (Å²) >= 11 is 0. The second-order valence-corrected chi connectivity index (χ2v) is 4.21. The molecule has 2 N–H and O–H groups in total. The first-order valence-corrected chi connectivity index (χ1v) is 5.89. The topological polar surface area (TPSA) is 57.5 Å². The summed E-state index contributed by atoms with van der Waals surface area (Å²) in [5, 5.41) is 19.9. The summed E-state index contributed by atoms with van der Waals surface area (Å²) in [5.74, 6) is -1.63. The Kier molecular flexibility index (Phi) is 3.66. The average molecular weight is 254 g/mol. The van der Waals surface area contributed by atoms with Crippen molar-refractivity contribution in [3.8, 4) is 0 Å². The van der Waals surface area contributed by atoms with Crippen LogP contribution in [0.5, 0.6) is 0 Å². The Morgan fingerprint density at radius 1 is 0.895 bits per heavy atom. The zero-order chi connectivity index (χ0) is 13.8. The number of hydrogen-bond donors (Lipinski definition) is 2. The molecule has 0 saturated carbocycles. The summed E-state index contributed by atoms with van der Waals surface area (Å²) in [6, 6.07) is 15.4. The van der Waals surface area contributed by atoms with Crippen LogP contribution in [0, 0.1) is 6.92 Å². The molecular formula is C16H14O3. The maximum atomic E-state index is 12.0. The van der Waals surface area contributed by atoms with E-state index in [2.05, 4.69) is 0 Å². The Balaban J connectivity index is 2.42. The molecule has 19 heavy (non-hydrogen) atoms. The van der Waals surface area contributed by atoms with E-state index in [-0.39, 0.29) is 0 Å². The summed E-state index contributed by atoms with van der Waals surface area (Å²) in [6.45, 7) is 1.80. The number of ketones is 1. The normalized spacial score (nSPS) is 11.8. The smallest absolute Gasteiger partial charge is 0.231 e. The summed E-state index contributed by atoms with van der Waals surface area (Å²) in [5.41, 5.74) is 1.57. The molecule has 0 aliphatic carbocycles. The van der Waals surface area contributed by atoms with E-state index in [1.807, 2.05) is 6.07 Å². The van der Waals surface area contributed by atoms with E-state index < -0.39 is 17.3 Å². The van der Waals surface area contributed by atoms with Crippen molar-refractivity contribution in [2.75, 3.05) is 0 Å². The molecule has 0 aliphatic heterocycles. The van der Waals surface area contributed by atoms with Crippen LogP contribution in [0.15, 0.2) is 60.4 Å². The van der Waals surface area contributed by atoms with Crippen LogP contribution in [-0.4, -0.2) is 16.0 Å². The fourth-order valence-corrected chi connectivity index (χ4v) is 1.80. The molecular weight excluding hydrogens is 240 g/mol. The molecule has 0 aromatic heterocycles. The van der Waals surface area contributed by atoms with Gasteiger partial charge in [-0.1, -0.05) is 54.6 Å². The molecule has 2 aromatic rings. The van der Waals surface area contributed by atoms with Gasteiger partial charge in [-0.25, -0.2) is 0 Å². The predicted molar refractivity (Wildman–Crippen MR) is 74.1 cm³/mol. The lowest BCUT2D eigenvalue weighted by Gasteiger charge is -2.07. The van der Waals surface area contributed by atoms with E-state index in [0.717, 1.165) is 5.56 Å². The Labute approximate surface area is 111 Å². The minimum absolute atomic E-state index is 0.333. The lowest BCUT2D eigenvalue weighted by molar-refractivity contribution is 0.0975. The van der Waals surface area contributed by atoms with Crippen molar-refractivity contribution in [1.29, 1.82) is 0 Å². The van der Waals surface area contributed by atoms with Gasteiger partial charge >= 0.3 is 0 Å². The highest BCUT2D eigenvalue weighted by Gasteiger charge is 2.17. The van der Waals surface area contributed by atoms with Crippen LogP contribution >= 0.6 is 0 Å². The zero-order valence-corrected chi connectivity index (χ0v) is 10.5. The van der Waals surface area contributed by atoms with E-state index in [1.54, 1.807) is 55.5 Å². The van der Waals surface area contributed by atoms with Gasteiger partial charge in [0.25, 0.3) is 0 Å². The van der Waals surface area contributed by atoms with Crippen LogP contribution in [-0.2, 0) is 0 Å². The predicted octanol–water partition coefficient (Wildman–Crippen LogP) is 3.66. The molecule has 3 heteroatoms. The van der Waals surface area contributed by atoms with E-state index in [0.29, 0.717) is 11.1 Å². The van der Waals surface area contributed by atoms with Crippen LogP contribution in [0.3, 0.4) is 0 Å². The average Bonchev–Trinajstić information content (AvgIpc) is 2.46. The van der Waals surface area contributed by atoms with Crippen LogP contribution in [0.25, 0.3) is 5.76 Å². The molecule has 2 aromatic carbocycles. The number of carbonyl (C=O) groups excluding carboxylic acids is 1. The number of rotatable bonds is 3. The number of aryl methyl sites for hydroxylation is 1. The van der Waals surface area contributed by atoms with Crippen molar-refractivity contribution in [2.24, 2.45) is 0 Å². The molecule has 2 rings (SSSR count). The quantitative estimate of drug-likeness (QED) is 0.499. The van der Waals surface area contributed by atoms with Gasteiger partial charge in [0.15, 0.2) is 5.76 Å². The molecule has 3 nitrogen and oxygen atoms in total. The van der Waals surface area contributed by atoms with E-state index >= 15 is 0 Å². The highest BCUT2D eigenvalue weighted by molar-refractivity contribution is 6.10. The van der Waals surface area contributed by atoms with Crippen LogP contribution < -0.4 is 0 Å². The number of aliphatic hydroxyl groups excluding tert-OH is 2. The molecule has 96 valence electrons. The van der Waals surface area contributed by atoms with Crippen molar-refractivity contribution in [2.45, 2.75) is 6.92 Å². The third-order valence-electron chi connectivity index (χ3n) is 2.88. The van der Waals surface area contributed by atoms with Gasteiger partial charge in [-0.3, -0.25) is 4.79 Å². The van der Waals surface area contributed by atoms with Gasteiger partial charge in [-0.2, -0.15) is 0 Å². The number of benzene rings is 2. The molecule has 0 spiro atoms. The van der Waals surface area contributed by atoms with Gasteiger partial charge in [-0.15, -0.1) is 0 Å². The first-order chi connectivity index (χ1) is 9.11. The molecule has 0 heterocycles. The monoisotopic (exact) mass is 254 g/mol. The van der Waals surface area contributed by atoms with Gasteiger partial charge in [0, 0.05) is 11.1 Å². The largest absolute Gasteiger partial charge is 0.504 e.